The molecule has 1 saturated heterocycles. The van der Waals surface area contributed by atoms with Crippen LogP contribution in [0.3, 0.4) is 0 Å². The van der Waals surface area contributed by atoms with Gasteiger partial charge in [0.15, 0.2) is 11.8 Å². The molecular weight excluding hydrogens is 530 g/mol. The lowest BCUT2D eigenvalue weighted by atomic mass is 9.93. The van der Waals surface area contributed by atoms with Crippen LogP contribution < -0.4 is 5.73 Å². The van der Waals surface area contributed by atoms with Crippen LogP contribution in [0.2, 0.25) is 0 Å². The lowest BCUT2D eigenvalue weighted by Gasteiger charge is -2.36. The number of hydrogen-bond acceptors (Lipinski definition) is 12. The highest BCUT2D eigenvalue weighted by Crippen LogP contribution is 2.66. The van der Waals surface area contributed by atoms with Gasteiger partial charge >= 0.3 is 23.5 Å². The Kier molecular flexibility index (Phi) is 8.37. The molecule has 186 valence electrons. The first-order chi connectivity index (χ1) is 14.4. The van der Waals surface area contributed by atoms with E-state index < -0.39 is 65.9 Å². The Bertz CT molecular complexity index is 917. The molecular formula is C11H20ClFN3O13P3. The van der Waals surface area contributed by atoms with Crippen LogP contribution in [0.1, 0.15) is 6.92 Å². The summed E-state index contributed by atoms with van der Waals surface area (Å²) in [5, 5.41) is 19.0. The molecule has 2 heterocycles. The zero-order chi connectivity index (χ0) is 24.7. The molecule has 16 nitrogen and oxygen atoms in total. The Morgan fingerprint density at radius 2 is 1.88 bits per heavy atom. The molecule has 2 rings (SSSR count). The first kappa shape index (κ1) is 27.8. The van der Waals surface area contributed by atoms with Gasteiger partial charge in [-0.1, -0.05) is 0 Å². The molecule has 0 amide bonds. The summed E-state index contributed by atoms with van der Waals surface area (Å²) >= 11 is 6.10. The fraction of sp³-hybridized carbons (Fsp3) is 0.727. The van der Waals surface area contributed by atoms with Gasteiger partial charge in [0.1, 0.15) is 23.5 Å². The van der Waals surface area contributed by atoms with E-state index in [1.54, 1.807) is 0 Å². The average molecular weight is 550 g/mol. The summed E-state index contributed by atoms with van der Waals surface area (Å²) in [7, 11) is -17.1. The van der Waals surface area contributed by atoms with Crippen molar-refractivity contribution in [2.45, 2.75) is 42.8 Å². The second-order valence-corrected chi connectivity index (χ2v) is 11.4. The topological polar surface area (TPSA) is 251 Å². The van der Waals surface area contributed by atoms with Crippen LogP contribution >= 0.6 is 35.1 Å². The number of phosphoric ester groups is 1. The third-order valence-corrected chi connectivity index (χ3v) is 8.44. The number of nitrogens with two attached hydrogens (primary N) is 1. The number of aliphatic imine (C=N–C) groups is 1. The number of halogens is 2. The number of aliphatic hydroxyl groups is 2. The summed E-state index contributed by atoms with van der Waals surface area (Å²) in [6.07, 6.45) is -4.78. The predicted molar refractivity (Wildman–Crippen MR) is 102 cm³/mol. The Balaban J connectivity index is 2.20. The van der Waals surface area contributed by atoms with E-state index in [1.165, 1.54) is 12.3 Å². The van der Waals surface area contributed by atoms with Crippen LogP contribution in [0.5, 0.6) is 0 Å². The van der Waals surface area contributed by atoms with Gasteiger partial charge in [0.2, 0.25) is 6.35 Å². The molecule has 5 unspecified atom stereocenters. The van der Waals surface area contributed by atoms with E-state index in [0.29, 0.717) is 0 Å². The number of nitrogens with zero attached hydrogens (tertiary/aromatic N) is 2. The minimum Gasteiger partial charge on any atom is -0.388 e. The van der Waals surface area contributed by atoms with Gasteiger partial charge < -0.3 is 45.2 Å². The van der Waals surface area contributed by atoms with Crippen LogP contribution in [0.15, 0.2) is 17.3 Å². The summed E-state index contributed by atoms with van der Waals surface area (Å²) in [4.78, 5) is 40.4. The van der Waals surface area contributed by atoms with Crippen molar-refractivity contribution >= 4 is 40.9 Å². The summed E-state index contributed by atoms with van der Waals surface area (Å²) < 4.78 is 65.5. The van der Waals surface area contributed by atoms with E-state index in [9.17, 15) is 38.1 Å². The summed E-state index contributed by atoms with van der Waals surface area (Å²) in [5.41, 5.74) is 2.96. The number of hydrogen-bond donors (Lipinski definition) is 7. The monoisotopic (exact) mass is 549 g/mol. The molecule has 32 heavy (non-hydrogen) atoms. The standard InChI is InChI=1S/C11H20ClFN3O13P3/c1-5(13)11(4-26-31(22,23)29-32(24,25)28-30(19,20)21)8(17)7(12)9(27-11)16-3-2-6(14)15-10(16)18/h2-3,5,7-10,17-18H,4H2,1H3,(H2,14,15)(H,22,23)(H,24,25)(H2,19,20,21)/t5?,7-,8+,9?,10?,11+/m1/s1. The SMILES string of the molecule is CC(F)[C@]1(COP(=O)(O)OP(=O)(O)OP(=O)(O)O)OC(N2C=CC(N)=NC2O)[C@H](Cl)[C@@H]1O. The molecule has 0 bridgehead atoms. The van der Waals surface area contributed by atoms with Crippen LogP contribution in [0.25, 0.3) is 0 Å². The number of aliphatic hydroxyl groups excluding tert-OH is 2. The average Bonchev–Trinajstić information content (AvgIpc) is 2.83. The second kappa shape index (κ2) is 9.64. The Labute approximate surface area is 184 Å². The fourth-order valence-corrected chi connectivity index (χ4v) is 6.21. The van der Waals surface area contributed by atoms with Gasteiger partial charge in [-0.3, -0.25) is 4.52 Å². The lowest BCUT2D eigenvalue weighted by Crippen LogP contribution is -2.52. The zero-order valence-corrected chi connectivity index (χ0v) is 19.3. The molecule has 0 saturated carbocycles. The molecule has 21 heteroatoms. The van der Waals surface area contributed by atoms with Gasteiger partial charge in [0.25, 0.3) is 0 Å². The van der Waals surface area contributed by atoms with Crippen LogP contribution in [-0.4, -0.2) is 83.0 Å². The van der Waals surface area contributed by atoms with E-state index >= 15 is 0 Å². The molecule has 8 atom stereocenters. The van der Waals surface area contributed by atoms with Crippen molar-refractivity contribution in [2.24, 2.45) is 10.7 Å². The Hall–Kier alpha value is -0.480. The van der Waals surface area contributed by atoms with Crippen molar-refractivity contribution in [3.05, 3.63) is 12.3 Å². The highest BCUT2D eigenvalue weighted by Gasteiger charge is 2.60. The largest absolute Gasteiger partial charge is 0.490 e. The molecule has 0 aromatic carbocycles. The molecule has 0 spiro atoms. The third kappa shape index (κ3) is 6.56. The molecule has 0 aromatic heterocycles. The second-order valence-electron chi connectivity index (χ2n) is 6.50. The Morgan fingerprint density at radius 3 is 2.38 bits per heavy atom. The maximum atomic E-state index is 14.5. The quantitative estimate of drug-likeness (QED) is 0.137. The minimum absolute atomic E-state index is 0.0591. The van der Waals surface area contributed by atoms with Crippen molar-refractivity contribution in [1.29, 1.82) is 0 Å². The number of rotatable bonds is 9. The molecule has 1 fully saturated rings. The lowest BCUT2D eigenvalue weighted by molar-refractivity contribution is -0.182. The summed E-state index contributed by atoms with van der Waals surface area (Å²) in [6, 6.07) is 0. The fourth-order valence-electron chi connectivity index (χ4n) is 2.76. The smallest absolute Gasteiger partial charge is 0.388 e. The number of alkyl halides is 2. The number of phosphoric acid groups is 3. The van der Waals surface area contributed by atoms with Gasteiger partial charge in [-0.25, -0.2) is 23.1 Å². The van der Waals surface area contributed by atoms with E-state index in [4.69, 9.17) is 31.9 Å². The number of amidine groups is 1. The van der Waals surface area contributed by atoms with Crippen molar-refractivity contribution < 1.29 is 65.8 Å². The molecule has 2 aliphatic rings. The van der Waals surface area contributed by atoms with Crippen LogP contribution in [0, 0.1) is 0 Å². The van der Waals surface area contributed by atoms with Crippen molar-refractivity contribution in [3.63, 3.8) is 0 Å². The molecule has 8 N–H and O–H groups in total. The highest BCUT2D eigenvalue weighted by molar-refractivity contribution is 7.66. The van der Waals surface area contributed by atoms with E-state index in [2.05, 4.69) is 18.1 Å². The molecule has 0 radical (unpaired) electrons. The van der Waals surface area contributed by atoms with Crippen molar-refractivity contribution in [1.82, 2.24) is 4.90 Å². The Morgan fingerprint density at radius 1 is 1.28 bits per heavy atom. The van der Waals surface area contributed by atoms with Gasteiger partial charge in [-0.2, -0.15) is 8.62 Å². The summed E-state index contributed by atoms with van der Waals surface area (Å²) in [5.74, 6) is -0.0591. The summed E-state index contributed by atoms with van der Waals surface area (Å²) in [6.45, 7) is -0.442. The van der Waals surface area contributed by atoms with Crippen LogP contribution in [-0.2, 0) is 31.6 Å². The maximum Gasteiger partial charge on any atom is 0.490 e. The zero-order valence-electron chi connectivity index (χ0n) is 15.9. The van der Waals surface area contributed by atoms with Gasteiger partial charge in [0, 0.05) is 6.20 Å². The number of ether oxygens (including phenoxy) is 1. The van der Waals surface area contributed by atoms with Gasteiger partial charge in [0.05, 0.1) is 6.61 Å². The molecule has 2 aliphatic heterocycles. The van der Waals surface area contributed by atoms with E-state index in [-0.39, 0.29) is 5.84 Å². The normalized spacial score (nSPS) is 35.8. The molecule has 0 aliphatic carbocycles. The van der Waals surface area contributed by atoms with Gasteiger partial charge in [-0.05, 0) is 13.0 Å². The van der Waals surface area contributed by atoms with Crippen molar-refractivity contribution in [2.75, 3.05) is 6.61 Å². The van der Waals surface area contributed by atoms with E-state index in [0.717, 1.165) is 11.8 Å². The molecule has 0 aromatic rings. The predicted octanol–water partition coefficient (Wildman–Crippen LogP) is -0.787. The maximum absolute atomic E-state index is 14.5. The first-order valence-electron chi connectivity index (χ1n) is 8.28. The minimum atomic E-state index is -5.82. The third-order valence-electron chi connectivity index (χ3n) is 4.20. The van der Waals surface area contributed by atoms with Gasteiger partial charge in [-0.15, -0.1) is 11.6 Å². The van der Waals surface area contributed by atoms with E-state index in [1.807, 2.05) is 0 Å². The first-order valence-corrected chi connectivity index (χ1v) is 13.2. The highest BCUT2D eigenvalue weighted by atomic mass is 35.5. The van der Waals surface area contributed by atoms with Crippen molar-refractivity contribution in [3.8, 4) is 0 Å². The van der Waals surface area contributed by atoms with Crippen LogP contribution in [0.4, 0.5) is 4.39 Å².